The topological polar surface area (TPSA) is 52.3 Å². The zero-order chi connectivity index (χ0) is 8.27. The molecule has 1 rings (SSSR count). The van der Waals surface area contributed by atoms with Gasteiger partial charge in [0.1, 0.15) is 0 Å². The van der Waals surface area contributed by atoms with Crippen LogP contribution in [0.1, 0.15) is 32.6 Å². The Morgan fingerprint density at radius 1 is 1.64 bits per heavy atom. The molecular formula is C8H15NO2. The Morgan fingerprint density at radius 2 is 2.36 bits per heavy atom. The van der Waals surface area contributed by atoms with E-state index in [9.17, 15) is 4.79 Å². The quantitative estimate of drug-likeness (QED) is 0.659. The highest BCUT2D eigenvalue weighted by atomic mass is 16.5. The summed E-state index contributed by atoms with van der Waals surface area (Å²) in [5.74, 6) is -0.229. The van der Waals surface area contributed by atoms with E-state index in [4.69, 9.17) is 10.5 Å². The molecule has 0 unspecified atom stereocenters. The molecule has 0 radical (unpaired) electrons. The van der Waals surface area contributed by atoms with Crippen molar-refractivity contribution >= 4 is 5.91 Å². The number of rotatable bonds is 3. The van der Waals surface area contributed by atoms with Gasteiger partial charge in [-0.1, -0.05) is 0 Å². The highest BCUT2D eigenvalue weighted by Crippen LogP contribution is 2.22. The van der Waals surface area contributed by atoms with Crippen molar-refractivity contribution < 1.29 is 9.53 Å². The van der Waals surface area contributed by atoms with E-state index in [1.54, 1.807) is 0 Å². The molecule has 1 fully saturated rings. The molecule has 3 nitrogen and oxygen atoms in total. The minimum absolute atomic E-state index is 0.229. The molecule has 0 aliphatic carbocycles. The maximum absolute atomic E-state index is 10.4. The number of ether oxygens (including phenoxy) is 1. The Balaban J connectivity index is 2.13. The first-order chi connectivity index (χ1) is 5.18. The average molecular weight is 157 g/mol. The normalized spacial score (nSPS) is 30.6. The van der Waals surface area contributed by atoms with E-state index >= 15 is 0 Å². The highest BCUT2D eigenvalue weighted by molar-refractivity contribution is 5.73. The largest absolute Gasteiger partial charge is 0.375 e. The third-order valence-electron chi connectivity index (χ3n) is 2.03. The first-order valence-corrected chi connectivity index (χ1v) is 4.12. The standard InChI is InChI=1S/C8H15NO2/c1-6-2-3-7(11-6)4-5-8(9)10/h6-7H,2-5H2,1H3,(H2,9,10)/t6-,7-/m0/s1. The summed E-state index contributed by atoms with van der Waals surface area (Å²) < 4.78 is 5.50. The second-order valence-electron chi connectivity index (χ2n) is 3.15. The first kappa shape index (κ1) is 8.53. The zero-order valence-corrected chi connectivity index (χ0v) is 6.88. The Hall–Kier alpha value is -0.570. The van der Waals surface area contributed by atoms with Gasteiger partial charge in [0.2, 0.25) is 5.91 Å². The van der Waals surface area contributed by atoms with Crippen LogP contribution in [-0.2, 0) is 9.53 Å². The van der Waals surface area contributed by atoms with Crippen molar-refractivity contribution in [3.63, 3.8) is 0 Å². The average Bonchev–Trinajstić information content (AvgIpc) is 2.31. The van der Waals surface area contributed by atoms with Gasteiger partial charge >= 0.3 is 0 Å². The van der Waals surface area contributed by atoms with Crippen LogP contribution in [0.4, 0.5) is 0 Å². The van der Waals surface area contributed by atoms with E-state index in [0.717, 1.165) is 19.3 Å². The maximum Gasteiger partial charge on any atom is 0.217 e. The van der Waals surface area contributed by atoms with Crippen molar-refractivity contribution in [1.29, 1.82) is 0 Å². The van der Waals surface area contributed by atoms with Gasteiger partial charge in [0.05, 0.1) is 12.2 Å². The second-order valence-corrected chi connectivity index (χ2v) is 3.15. The summed E-state index contributed by atoms with van der Waals surface area (Å²) in [4.78, 5) is 10.4. The maximum atomic E-state index is 10.4. The van der Waals surface area contributed by atoms with Gasteiger partial charge < -0.3 is 10.5 Å². The van der Waals surface area contributed by atoms with Gasteiger partial charge in [-0.15, -0.1) is 0 Å². The molecule has 2 atom stereocenters. The van der Waals surface area contributed by atoms with Gasteiger partial charge in [-0.05, 0) is 26.2 Å². The molecule has 0 aromatic heterocycles. The summed E-state index contributed by atoms with van der Waals surface area (Å²) >= 11 is 0. The van der Waals surface area contributed by atoms with E-state index in [2.05, 4.69) is 6.92 Å². The lowest BCUT2D eigenvalue weighted by Crippen LogP contribution is -2.15. The van der Waals surface area contributed by atoms with E-state index in [0.29, 0.717) is 12.5 Å². The van der Waals surface area contributed by atoms with E-state index < -0.39 is 0 Å². The number of primary amides is 1. The molecule has 0 spiro atoms. The lowest BCUT2D eigenvalue weighted by atomic mass is 10.1. The van der Waals surface area contributed by atoms with Gasteiger partial charge in [0.15, 0.2) is 0 Å². The number of hydrogen-bond donors (Lipinski definition) is 1. The Morgan fingerprint density at radius 3 is 2.82 bits per heavy atom. The predicted molar refractivity (Wildman–Crippen MR) is 42.0 cm³/mol. The molecule has 64 valence electrons. The van der Waals surface area contributed by atoms with Crippen LogP contribution in [0.15, 0.2) is 0 Å². The highest BCUT2D eigenvalue weighted by Gasteiger charge is 2.21. The van der Waals surface area contributed by atoms with E-state index in [1.807, 2.05) is 0 Å². The first-order valence-electron chi connectivity index (χ1n) is 4.12. The predicted octanol–water partition coefficient (Wildman–Crippen LogP) is 0.819. The number of hydrogen-bond acceptors (Lipinski definition) is 2. The molecule has 2 N–H and O–H groups in total. The third kappa shape index (κ3) is 2.89. The van der Waals surface area contributed by atoms with Crippen molar-refractivity contribution in [2.24, 2.45) is 5.73 Å². The van der Waals surface area contributed by atoms with Crippen LogP contribution >= 0.6 is 0 Å². The van der Waals surface area contributed by atoms with Gasteiger partial charge in [0.25, 0.3) is 0 Å². The fourth-order valence-electron chi connectivity index (χ4n) is 1.40. The molecule has 0 aromatic carbocycles. The van der Waals surface area contributed by atoms with Gasteiger partial charge in [0, 0.05) is 6.42 Å². The molecule has 1 heterocycles. The summed E-state index contributed by atoms with van der Waals surface area (Å²) in [5, 5.41) is 0. The molecular weight excluding hydrogens is 142 g/mol. The Labute approximate surface area is 66.9 Å². The molecule has 1 amide bonds. The third-order valence-corrected chi connectivity index (χ3v) is 2.03. The summed E-state index contributed by atoms with van der Waals surface area (Å²) in [6, 6.07) is 0. The van der Waals surface area contributed by atoms with Crippen LogP contribution in [0.3, 0.4) is 0 Å². The smallest absolute Gasteiger partial charge is 0.217 e. The van der Waals surface area contributed by atoms with Crippen molar-refractivity contribution in [1.82, 2.24) is 0 Å². The summed E-state index contributed by atoms with van der Waals surface area (Å²) in [5.41, 5.74) is 5.01. The van der Waals surface area contributed by atoms with Gasteiger partial charge in [-0.2, -0.15) is 0 Å². The van der Waals surface area contributed by atoms with Crippen molar-refractivity contribution in [2.75, 3.05) is 0 Å². The van der Waals surface area contributed by atoms with E-state index in [-0.39, 0.29) is 12.0 Å². The Kier molecular flexibility index (Phi) is 2.88. The minimum Gasteiger partial charge on any atom is -0.375 e. The van der Waals surface area contributed by atoms with Crippen molar-refractivity contribution in [3.8, 4) is 0 Å². The molecule has 0 aromatic rings. The fraction of sp³-hybridized carbons (Fsp3) is 0.875. The summed E-state index contributed by atoms with van der Waals surface area (Å²) in [7, 11) is 0. The molecule has 1 saturated heterocycles. The molecule has 1 aliphatic rings. The van der Waals surface area contributed by atoms with Crippen LogP contribution in [0.25, 0.3) is 0 Å². The van der Waals surface area contributed by atoms with Crippen LogP contribution in [0, 0.1) is 0 Å². The zero-order valence-electron chi connectivity index (χ0n) is 6.88. The van der Waals surface area contributed by atoms with Crippen LogP contribution in [0.5, 0.6) is 0 Å². The molecule has 1 aliphatic heterocycles. The monoisotopic (exact) mass is 157 g/mol. The summed E-state index contributed by atoms with van der Waals surface area (Å²) in [6.07, 6.45) is 4.08. The fourth-order valence-corrected chi connectivity index (χ4v) is 1.40. The molecule has 11 heavy (non-hydrogen) atoms. The van der Waals surface area contributed by atoms with Crippen molar-refractivity contribution in [2.45, 2.75) is 44.8 Å². The van der Waals surface area contributed by atoms with Crippen LogP contribution in [0.2, 0.25) is 0 Å². The summed E-state index contributed by atoms with van der Waals surface area (Å²) in [6.45, 7) is 2.06. The minimum atomic E-state index is -0.229. The number of amides is 1. The van der Waals surface area contributed by atoms with Crippen LogP contribution < -0.4 is 5.73 Å². The van der Waals surface area contributed by atoms with Gasteiger partial charge in [-0.25, -0.2) is 0 Å². The SMILES string of the molecule is C[C@H]1CC[C@@H](CCC(N)=O)O1. The molecule has 3 heteroatoms. The number of nitrogens with two attached hydrogens (primary N) is 1. The lowest BCUT2D eigenvalue weighted by Gasteiger charge is -2.08. The number of carbonyl (C=O) groups is 1. The second kappa shape index (κ2) is 3.72. The van der Waals surface area contributed by atoms with Gasteiger partial charge in [-0.3, -0.25) is 4.79 Å². The lowest BCUT2D eigenvalue weighted by molar-refractivity contribution is -0.118. The Bertz CT molecular complexity index is 147. The molecule has 0 saturated carbocycles. The van der Waals surface area contributed by atoms with E-state index in [1.165, 1.54) is 0 Å². The molecule has 0 bridgehead atoms. The van der Waals surface area contributed by atoms with Crippen LogP contribution in [-0.4, -0.2) is 18.1 Å². The number of carbonyl (C=O) groups excluding carboxylic acids is 1. The van der Waals surface area contributed by atoms with Crippen molar-refractivity contribution in [3.05, 3.63) is 0 Å².